The molecule has 6 heteroatoms. The maximum Gasteiger partial charge on any atom is 0.221 e. The number of para-hydroxylation sites is 2. The van der Waals surface area contributed by atoms with Crippen LogP contribution in [-0.2, 0) is 0 Å². The summed E-state index contributed by atoms with van der Waals surface area (Å²) in [7, 11) is 0. The van der Waals surface area contributed by atoms with E-state index in [1.165, 1.54) is 10.6 Å². The molecule has 3 aromatic carbocycles. The summed E-state index contributed by atoms with van der Waals surface area (Å²) in [5.74, 6) is 2.19. The molecule has 4 heterocycles. The van der Waals surface area contributed by atoms with Gasteiger partial charge in [-0.3, -0.25) is 0 Å². The van der Waals surface area contributed by atoms with E-state index in [1.807, 2.05) is 40.7 Å². The average molecular weight is 505 g/mol. The number of aromatic nitrogens is 4. The molecular formula is C31H28N4OS. The van der Waals surface area contributed by atoms with Crippen LogP contribution in [0.4, 0.5) is 0 Å². The van der Waals surface area contributed by atoms with E-state index in [0.717, 1.165) is 45.5 Å². The van der Waals surface area contributed by atoms with Gasteiger partial charge >= 0.3 is 0 Å². The van der Waals surface area contributed by atoms with Gasteiger partial charge in [0.25, 0.3) is 0 Å². The normalized spacial score (nSPS) is 19.4. The number of benzene rings is 3. The van der Waals surface area contributed by atoms with E-state index >= 15 is 0 Å². The van der Waals surface area contributed by atoms with Crippen LogP contribution in [0.1, 0.15) is 36.6 Å². The molecule has 2 aromatic heterocycles. The molecular weight excluding hydrogens is 476 g/mol. The highest BCUT2D eigenvalue weighted by atomic mass is 32.2. The average Bonchev–Trinajstić information content (AvgIpc) is 3.47. The number of rotatable bonds is 3. The minimum Gasteiger partial charge on any atom is -0.471 e. The molecule has 0 bridgehead atoms. The quantitative estimate of drug-likeness (QED) is 0.264. The van der Waals surface area contributed by atoms with Crippen molar-refractivity contribution < 1.29 is 4.74 Å². The zero-order valence-corrected chi connectivity index (χ0v) is 21.9. The molecule has 5 nitrogen and oxygen atoms in total. The summed E-state index contributed by atoms with van der Waals surface area (Å²) >= 11 is 1.89. The first-order valence-electron chi connectivity index (χ1n) is 12.7. The number of aryl methyl sites for hydroxylation is 1. The topological polar surface area (TPSA) is 44.9 Å². The lowest BCUT2D eigenvalue weighted by Gasteiger charge is -2.46. The summed E-state index contributed by atoms with van der Waals surface area (Å²) in [6.07, 6.45) is 0. The van der Waals surface area contributed by atoms with E-state index in [0.29, 0.717) is 0 Å². The van der Waals surface area contributed by atoms with Gasteiger partial charge in [0.15, 0.2) is 0 Å². The highest BCUT2D eigenvalue weighted by Crippen LogP contribution is 2.58. The molecule has 2 aliphatic rings. The van der Waals surface area contributed by atoms with Crippen LogP contribution in [0.15, 0.2) is 96.0 Å². The van der Waals surface area contributed by atoms with Gasteiger partial charge in [-0.25, -0.2) is 9.36 Å². The maximum atomic E-state index is 6.88. The molecule has 0 amide bonds. The summed E-state index contributed by atoms with van der Waals surface area (Å²) in [4.78, 5) is 0. The molecule has 0 unspecified atom stereocenters. The van der Waals surface area contributed by atoms with Crippen LogP contribution in [0.25, 0.3) is 22.6 Å². The van der Waals surface area contributed by atoms with E-state index in [1.54, 1.807) is 0 Å². The Morgan fingerprint density at radius 1 is 0.784 bits per heavy atom. The molecule has 5 aromatic rings. The van der Waals surface area contributed by atoms with Crippen LogP contribution < -0.4 is 4.74 Å². The van der Waals surface area contributed by atoms with Crippen LogP contribution in [0, 0.1) is 12.8 Å². The van der Waals surface area contributed by atoms with Crippen molar-refractivity contribution in [2.75, 3.05) is 5.75 Å². The van der Waals surface area contributed by atoms with Gasteiger partial charge in [-0.1, -0.05) is 66.7 Å². The fourth-order valence-corrected chi connectivity index (χ4v) is 7.47. The largest absolute Gasteiger partial charge is 0.471 e. The predicted molar refractivity (Wildman–Crippen MR) is 148 cm³/mol. The molecule has 2 atom stereocenters. The molecule has 0 fully saturated rings. The van der Waals surface area contributed by atoms with Crippen LogP contribution in [0.5, 0.6) is 5.88 Å². The number of thioether (sulfide) groups is 1. The molecule has 0 aliphatic carbocycles. The molecule has 2 aliphatic heterocycles. The van der Waals surface area contributed by atoms with Gasteiger partial charge < -0.3 is 4.74 Å². The smallest absolute Gasteiger partial charge is 0.221 e. The summed E-state index contributed by atoms with van der Waals surface area (Å²) in [5.41, 5.74) is 7.33. The summed E-state index contributed by atoms with van der Waals surface area (Å²) in [6.45, 7) is 6.59. The number of ether oxygens (including phenoxy) is 1. The van der Waals surface area contributed by atoms with Crippen molar-refractivity contribution in [2.24, 2.45) is 5.92 Å². The Labute approximate surface area is 221 Å². The lowest BCUT2D eigenvalue weighted by atomic mass is 9.71. The Bertz CT molecular complexity index is 1590. The van der Waals surface area contributed by atoms with Crippen molar-refractivity contribution in [3.05, 3.63) is 108 Å². The zero-order valence-electron chi connectivity index (χ0n) is 21.1. The summed E-state index contributed by atoms with van der Waals surface area (Å²) < 4.78 is 11.0. The Hall–Kier alpha value is -3.77. The predicted octanol–water partition coefficient (Wildman–Crippen LogP) is 7.06. The Morgan fingerprint density at radius 3 is 2.03 bits per heavy atom. The molecule has 0 N–H and O–H groups in total. The summed E-state index contributed by atoms with van der Waals surface area (Å²) in [5, 5.41) is 11.5. The Kier molecular flexibility index (Phi) is 5.08. The van der Waals surface area contributed by atoms with Gasteiger partial charge in [-0.05, 0) is 45.0 Å². The third-order valence-electron chi connectivity index (χ3n) is 7.67. The third-order valence-corrected chi connectivity index (χ3v) is 8.86. The van der Waals surface area contributed by atoms with Crippen molar-refractivity contribution >= 4 is 11.8 Å². The van der Waals surface area contributed by atoms with E-state index in [-0.39, 0.29) is 17.4 Å². The van der Waals surface area contributed by atoms with Crippen LogP contribution >= 0.6 is 11.8 Å². The lowest BCUT2D eigenvalue weighted by molar-refractivity contribution is 0.0200. The van der Waals surface area contributed by atoms with Crippen LogP contribution in [-0.4, -0.2) is 30.9 Å². The Morgan fingerprint density at radius 2 is 1.38 bits per heavy atom. The minimum atomic E-state index is -0.371. The highest BCUT2D eigenvalue weighted by molar-refractivity contribution is 7.99. The summed E-state index contributed by atoms with van der Waals surface area (Å²) in [6, 6.07) is 31.2. The SMILES string of the molecule is Cc1nn(-c2ccccc2)c2c1[C@H]1c3c(-c4ccccc4)nn(-c4ccccc4)c3OC(C)(C)[C@H]1CS2. The highest BCUT2D eigenvalue weighted by Gasteiger charge is 2.52. The number of hydrogen-bond acceptors (Lipinski definition) is 4. The fourth-order valence-electron chi connectivity index (χ4n) is 5.84. The molecule has 0 spiro atoms. The fraction of sp³-hybridized carbons (Fsp3) is 0.226. The van der Waals surface area contributed by atoms with Gasteiger partial charge in [0.1, 0.15) is 16.3 Å². The number of hydrogen-bond donors (Lipinski definition) is 0. The van der Waals surface area contributed by atoms with Gasteiger partial charge in [0, 0.05) is 28.7 Å². The standard InChI is InChI=1S/C31H28N4OS/c1-20-25-26-24(19-37-30(25)35(32-20)23-17-11-6-12-18-23)31(2,3)36-29-27(26)28(21-13-7-4-8-14-21)33-34(29)22-15-9-5-10-16-22/h4-18,24,26H,19H2,1-3H3/t24-,26-/m0/s1. The van der Waals surface area contributed by atoms with Crippen molar-refractivity contribution in [2.45, 2.75) is 37.3 Å². The molecule has 7 rings (SSSR count). The minimum absolute atomic E-state index is 0.125. The molecule has 184 valence electrons. The van der Waals surface area contributed by atoms with Crippen LogP contribution in [0.3, 0.4) is 0 Å². The first kappa shape index (κ1) is 22.4. The van der Waals surface area contributed by atoms with Gasteiger partial charge in [-0.15, -0.1) is 11.8 Å². The molecule has 0 saturated heterocycles. The molecule has 0 saturated carbocycles. The van der Waals surface area contributed by atoms with E-state index in [4.69, 9.17) is 14.9 Å². The Balaban J connectivity index is 1.52. The lowest BCUT2D eigenvalue weighted by Crippen LogP contribution is -2.47. The number of nitrogens with zero attached hydrogens (tertiary/aromatic N) is 4. The zero-order chi connectivity index (χ0) is 25.1. The van der Waals surface area contributed by atoms with Crippen molar-refractivity contribution in [3.63, 3.8) is 0 Å². The monoisotopic (exact) mass is 504 g/mol. The van der Waals surface area contributed by atoms with Gasteiger partial charge in [0.2, 0.25) is 5.88 Å². The second kappa shape index (κ2) is 8.38. The number of fused-ring (bicyclic) bond motifs is 5. The second-order valence-electron chi connectivity index (χ2n) is 10.3. The van der Waals surface area contributed by atoms with Crippen molar-refractivity contribution in [3.8, 4) is 28.5 Å². The van der Waals surface area contributed by atoms with Crippen LogP contribution in [0.2, 0.25) is 0 Å². The van der Waals surface area contributed by atoms with E-state index in [9.17, 15) is 0 Å². The second-order valence-corrected chi connectivity index (χ2v) is 11.3. The van der Waals surface area contributed by atoms with E-state index in [2.05, 4.69) is 92.2 Å². The van der Waals surface area contributed by atoms with Gasteiger partial charge in [-0.2, -0.15) is 10.2 Å². The maximum absolute atomic E-state index is 6.88. The molecule has 0 radical (unpaired) electrons. The van der Waals surface area contributed by atoms with Gasteiger partial charge in [0.05, 0.1) is 22.6 Å². The first-order chi connectivity index (χ1) is 18.0. The van der Waals surface area contributed by atoms with E-state index < -0.39 is 0 Å². The van der Waals surface area contributed by atoms with Crippen molar-refractivity contribution in [1.82, 2.24) is 19.6 Å². The molecule has 37 heavy (non-hydrogen) atoms. The first-order valence-corrected chi connectivity index (χ1v) is 13.7. The third kappa shape index (κ3) is 3.46. The van der Waals surface area contributed by atoms with Crippen molar-refractivity contribution in [1.29, 1.82) is 0 Å².